The highest BCUT2D eigenvalue weighted by atomic mass is 35.5. The Kier molecular flexibility index (Phi) is 7.76. The van der Waals surface area contributed by atoms with Gasteiger partial charge in [0, 0.05) is 50.2 Å². The number of hydrogen-bond donors (Lipinski definition) is 1. The smallest absolute Gasteiger partial charge is 0.242 e. The number of piperazine rings is 1. The predicted molar refractivity (Wildman–Crippen MR) is 119 cm³/mol. The van der Waals surface area contributed by atoms with Crippen LogP contribution in [0.2, 0.25) is 10.0 Å². The molecule has 1 unspecified atom stereocenters. The molecule has 0 bridgehead atoms. The summed E-state index contributed by atoms with van der Waals surface area (Å²) in [5, 5.41) is 0.898. The van der Waals surface area contributed by atoms with Gasteiger partial charge in [-0.25, -0.2) is 13.1 Å². The standard InChI is InChI=1S/C21H25Cl2N3O3S/c1-16(17-6-2-3-7-18(17)22)25-12-14-26(15-13-25)21(27)10-11-24-30(28,29)20-9-5-4-8-19(20)23/h2-9,16,24H,10-15H2,1H3. The third kappa shape index (κ3) is 5.53. The number of rotatable bonds is 7. The third-order valence-corrected chi connectivity index (χ3v) is 7.63. The molecule has 0 spiro atoms. The van der Waals surface area contributed by atoms with Crippen molar-refractivity contribution in [1.29, 1.82) is 0 Å². The predicted octanol–water partition coefficient (Wildman–Crippen LogP) is 3.57. The second-order valence-electron chi connectivity index (χ2n) is 7.19. The van der Waals surface area contributed by atoms with E-state index < -0.39 is 10.0 Å². The van der Waals surface area contributed by atoms with E-state index in [4.69, 9.17) is 23.2 Å². The number of carbonyl (C=O) groups excluding carboxylic acids is 1. The van der Waals surface area contributed by atoms with Gasteiger partial charge in [-0.15, -0.1) is 0 Å². The second-order valence-corrected chi connectivity index (χ2v) is 9.74. The zero-order chi connectivity index (χ0) is 21.7. The Morgan fingerprint density at radius 3 is 2.23 bits per heavy atom. The van der Waals surface area contributed by atoms with Crippen molar-refractivity contribution in [1.82, 2.24) is 14.5 Å². The first-order chi connectivity index (χ1) is 14.3. The first-order valence-electron chi connectivity index (χ1n) is 9.80. The molecular formula is C21H25Cl2N3O3S. The van der Waals surface area contributed by atoms with Gasteiger partial charge in [-0.2, -0.15) is 0 Å². The normalized spacial score (nSPS) is 16.4. The van der Waals surface area contributed by atoms with Crippen molar-refractivity contribution in [2.24, 2.45) is 0 Å². The van der Waals surface area contributed by atoms with Crippen LogP contribution in [0.4, 0.5) is 0 Å². The van der Waals surface area contributed by atoms with Crippen molar-refractivity contribution in [3.63, 3.8) is 0 Å². The molecule has 1 N–H and O–H groups in total. The van der Waals surface area contributed by atoms with Crippen LogP contribution in [0, 0.1) is 0 Å². The monoisotopic (exact) mass is 469 g/mol. The van der Waals surface area contributed by atoms with Crippen molar-refractivity contribution >= 4 is 39.1 Å². The molecule has 6 nitrogen and oxygen atoms in total. The summed E-state index contributed by atoms with van der Waals surface area (Å²) in [6, 6.07) is 14.2. The highest BCUT2D eigenvalue weighted by molar-refractivity contribution is 7.89. The highest BCUT2D eigenvalue weighted by Crippen LogP contribution is 2.27. The third-order valence-electron chi connectivity index (χ3n) is 5.33. The minimum absolute atomic E-state index is 0.0151. The van der Waals surface area contributed by atoms with Gasteiger partial charge in [0.15, 0.2) is 0 Å². The summed E-state index contributed by atoms with van der Waals surface area (Å²) in [7, 11) is -3.75. The minimum atomic E-state index is -3.75. The summed E-state index contributed by atoms with van der Waals surface area (Å²) in [5.41, 5.74) is 1.08. The van der Waals surface area contributed by atoms with Crippen LogP contribution in [0.25, 0.3) is 0 Å². The lowest BCUT2D eigenvalue weighted by molar-refractivity contribution is -0.133. The van der Waals surface area contributed by atoms with Crippen LogP contribution in [-0.2, 0) is 14.8 Å². The Labute approximate surface area is 187 Å². The summed E-state index contributed by atoms with van der Waals surface area (Å²) >= 11 is 12.3. The molecule has 3 rings (SSSR count). The number of nitrogens with zero attached hydrogens (tertiary/aromatic N) is 2. The average molecular weight is 470 g/mol. The van der Waals surface area contributed by atoms with Gasteiger partial charge in [-0.1, -0.05) is 53.5 Å². The van der Waals surface area contributed by atoms with Crippen molar-refractivity contribution in [3.8, 4) is 0 Å². The molecule has 1 amide bonds. The van der Waals surface area contributed by atoms with Crippen molar-refractivity contribution < 1.29 is 13.2 Å². The van der Waals surface area contributed by atoms with Gasteiger partial charge < -0.3 is 4.90 Å². The summed E-state index contributed by atoms with van der Waals surface area (Å²) in [6.45, 7) is 4.83. The largest absolute Gasteiger partial charge is 0.340 e. The number of nitrogens with one attached hydrogen (secondary N) is 1. The lowest BCUT2D eigenvalue weighted by atomic mass is 10.1. The van der Waals surface area contributed by atoms with E-state index in [0.717, 1.165) is 23.7 Å². The number of sulfonamides is 1. The van der Waals surface area contributed by atoms with Crippen LogP contribution in [0.15, 0.2) is 53.4 Å². The first kappa shape index (κ1) is 23.0. The van der Waals surface area contributed by atoms with Gasteiger partial charge in [0.1, 0.15) is 4.90 Å². The molecule has 1 fully saturated rings. The molecule has 1 saturated heterocycles. The fraction of sp³-hybridized carbons (Fsp3) is 0.381. The van der Waals surface area contributed by atoms with Crippen molar-refractivity contribution in [2.75, 3.05) is 32.7 Å². The Balaban J connectivity index is 1.48. The molecule has 1 heterocycles. The Bertz CT molecular complexity index is 992. The fourth-order valence-electron chi connectivity index (χ4n) is 3.56. The lowest BCUT2D eigenvalue weighted by Crippen LogP contribution is -2.49. The zero-order valence-electron chi connectivity index (χ0n) is 16.7. The van der Waals surface area contributed by atoms with E-state index in [-0.39, 0.29) is 34.8 Å². The molecule has 9 heteroatoms. The van der Waals surface area contributed by atoms with Gasteiger partial charge >= 0.3 is 0 Å². The van der Waals surface area contributed by atoms with Crippen LogP contribution in [0.3, 0.4) is 0 Å². The summed E-state index contributed by atoms with van der Waals surface area (Å²) < 4.78 is 27.2. The van der Waals surface area contributed by atoms with E-state index in [9.17, 15) is 13.2 Å². The van der Waals surface area contributed by atoms with E-state index in [2.05, 4.69) is 16.5 Å². The summed E-state index contributed by atoms with van der Waals surface area (Å²) in [4.78, 5) is 16.6. The molecule has 2 aromatic carbocycles. The van der Waals surface area contributed by atoms with Gasteiger partial charge in [0.2, 0.25) is 15.9 Å². The number of benzene rings is 2. The van der Waals surface area contributed by atoms with Crippen LogP contribution < -0.4 is 4.72 Å². The number of halogens is 2. The lowest BCUT2D eigenvalue weighted by Gasteiger charge is -2.38. The molecular weight excluding hydrogens is 445 g/mol. The van der Waals surface area contributed by atoms with Gasteiger partial charge in [-0.3, -0.25) is 9.69 Å². The zero-order valence-corrected chi connectivity index (χ0v) is 19.1. The molecule has 1 aliphatic rings. The Hall–Kier alpha value is -1.64. The van der Waals surface area contributed by atoms with E-state index in [1.165, 1.54) is 12.1 Å². The van der Waals surface area contributed by atoms with E-state index in [1.807, 2.05) is 24.3 Å². The molecule has 2 aromatic rings. The quantitative estimate of drug-likeness (QED) is 0.672. The van der Waals surface area contributed by atoms with Crippen LogP contribution in [0.5, 0.6) is 0 Å². The summed E-state index contributed by atoms with van der Waals surface area (Å²) in [5.74, 6) is -0.0677. The number of amides is 1. The Morgan fingerprint density at radius 1 is 1.00 bits per heavy atom. The van der Waals surface area contributed by atoms with Crippen molar-refractivity contribution in [3.05, 3.63) is 64.1 Å². The molecule has 162 valence electrons. The first-order valence-corrected chi connectivity index (χ1v) is 12.0. The molecule has 1 atom stereocenters. The highest BCUT2D eigenvalue weighted by Gasteiger charge is 2.26. The van der Waals surface area contributed by atoms with Crippen molar-refractivity contribution in [2.45, 2.75) is 24.3 Å². The molecule has 1 aliphatic heterocycles. The van der Waals surface area contributed by atoms with Gasteiger partial charge in [0.25, 0.3) is 0 Å². The fourth-order valence-corrected chi connectivity index (χ4v) is 5.40. The number of carbonyl (C=O) groups is 1. The topological polar surface area (TPSA) is 69.7 Å². The SMILES string of the molecule is CC(c1ccccc1Cl)N1CCN(C(=O)CCNS(=O)(=O)c2ccccc2Cl)CC1. The van der Waals surface area contributed by atoms with Gasteiger partial charge in [-0.05, 0) is 30.7 Å². The van der Waals surface area contributed by atoms with E-state index in [1.54, 1.807) is 17.0 Å². The van der Waals surface area contributed by atoms with Crippen LogP contribution in [0.1, 0.15) is 24.9 Å². The molecule has 0 radical (unpaired) electrons. The average Bonchev–Trinajstić information content (AvgIpc) is 2.73. The molecule has 0 aliphatic carbocycles. The maximum Gasteiger partial charge on any atom is 0.242 e. The molecule has 0 aromatic heterocycles. The number of hydrogen-bond acceptors (Lipinski definition) is 4. The summed E-state index contributed by atoms with van der Waals surface area (Å²) in [6.07, 6.45) is 0.101. The second kappa shape index (κ2) is 10.1. The minimum Gasteiger partial charge on any atom is -0.340 e. The Morgan fingerprint density at radius 2 is 1.60 bits per heavy atom. The van der Waals surface area contributed by atoms with E-state index in [0.29, 0.717) is 13.1 Å². The maximum atomic E-state index is 12.5. The molecule has 0 saturated carbocycles. The molecule has 30 heavy (non-hydrogen) atoms. The van der Waals surface area contributed by atoms with Crippen LogP contribution in [-0.4, -0.2) is 56.8 Å². The van der Waals surface area contributed by atoms with E-state index >= 15 is 0 Å². The van der Waals surface area contributed by atoms with Crippen LogP contribution >= 0.6 is 23.2 Å². The van der Waals surface area contributed by atoms with Gasteiger partial charge in [0.05, 0.1) is 5.02 Å². The maximum absolute atomic E-state index is 12.5.